The largest absolute Gasteiger partial charge is 0.481 e. The number of nitrogens with zero attached hydrogens (tertiary/aromatic N) is 1. The number of benzene rings is 1. The van der Waals surface area contributed by atoms with E-state index in [0.29, 0.717) is 12.2 Å². The van der Waals surface area contributed by atoms with E-state index in [4.69, 9.17) is 5.11 Å². The van der Waals surface area contributed by atoms with E-state index in [9.17, 15) is 9.59 Å². The number of amides is 2. The van der Waals surface area contributed by atoms with Crippen LogP contribution in [0.5, 0.6) is 0 Å². The van der Waals surface area contributed by atoms with E-state index >= 15 is 0 Å². The second kappa shape index (κ2) is 7.28. The van der Waals surface area contributed by atoms with Gasteiger partial charge in [0, 0.05) is 17.6 Å². The Morgan fingerprint density at radius 3 is 2.65 bits per heavy atom. The topological polar surface area (TPSA) is 69.6 Å². The highest BCUT2D eigenvalue weighted by Crippen LogP contribution is 2.23. The first-order chi connectivity index (χ1) is 9.35. The Hall–Kier alpha value is -1.56. The summed E-state index contributed by atoms with van der Waals surface area (Å²) in [6, 6.07) is 5.35. The van der Waals surface area contributed by atoms with Gasteiger partial charge >= 0.3 is 12.0 Å². The molecule has 0 saturated carbocycles. The SMILES string of the molecule is CCN(CC(C)C(=O)O)C(=O)Nc1cc(C)ccc1Br. The van der Waals surface area contributed by atoms with Gasteiger partial charge in [0.1, 0.15) is 0 Å². The maximum atomic E-state index is 12.2. The molecule has 6 heteroatoms. The molecule has 2 amide bonds. The van der Waals surface area contributed by atoms with Crippen molar-refractivity contribution in [3.63, 3.8) is 0 Å². The van der Waals surface area contributed by atoms with Gasteiger partial charge in [-0.2, -0.15) is 0 Å². The van der Waals surface area contributed by atoms with E-state index in [-0.39, 0.29) is 12.6 Å². The molecule has 0 heterocycles. The summed E-state index contributed by atoms with van der Waals surface area (Å²) < 4.78 is 0.791. The van der Waals surface area contributed by atoms with Crippen molar-refractivity contribution in [2.75, 3.05) is 18.4 Å². The van der Waals surface area contributed by atoms with Crippen LogP contribution in [0.4, 0.5) is 10.5 Å². The first kappa shape index (κ1) is 16.5. The molecule has 1 aromatic carbocycles. The zero-order valence-electron chi connectivity index (χ0n) is 11.8. The maximum absolute atomic E-state index is 12.2. The lowest BCUT2D eigenvalue weighted by molar-refractivity contribution is -0.141. The molecule has 0 aliphatic heterocycles. The Morgan fingerprint density at radius 2 is 2.10 bits per heavy atom. The van der Waals surface area contributed by atoms with Crippen molar-refractivity contribution in [2.45, 2.75) is 20.8 Å². The molecule has 1 unspecified atom stereocenters. The van der Waals surface area contributed by atoms with Crippen LogP contribution in [0.15, 0.2) is 22.7 Å². The number of urea groups is 1. The molecular weight excluding hydrogens is 324 g/mol. The molecule has 110 valence electrons. The van der Waals surface area contributed by atoms with Gasteiger partial charge in [-0.05, 0) is 47.5 Å². The van der Waals surface area contributed by atoms with Crippen LogP contribution in [-0.2, 0) is 4.79 Å². The monoisotopic (exact) mass is 342 g/mol. The van der Waals surface area contributed by atoms with Crippen molar-refractivity contribution in [2.24, 2.45) is 5.92 Å². The number of aliphatic carboxylic acids is 1. The highest BCUT2D eigenvalue weighted by Gasteiger charge is 2.19. The fraction of sp³-hybridized carbons (Fsp3) is 0.429. The molecule has 1 atom stereocenters. The second-order valence-corrected chi connectivity index (χ2v) is 5.55. The fourth-order valence-corrected chi connectivity index (χ4v) is 2.04. The number of carbonyl (C=O) groups excluding carboxylic acids is 1. The van der Waals surface area contributed by atoms with Crippen LogP contribution in [-0.4, -0.2) is 35.1 Å². The number of hydrogen-bond acceptors (Lipinski definition) is 2. The molecule has 2 N–H and O–H groups in total. The molecular formula is C14H19BrN2O3. The summed E-state index contributed by atoms with van der Waals surface area (Å²) in [5.74, 6) is -1.50. The van der Waals surface area contributed by atoms with E-state index in [1.54, 1.807) is 6.92 Å². The Morgan fingerprint density at radius 1 is 1.45 bits per heavy atom. The van der Waals surface area contributed by atoms with Gasteiger partial charge < -0.3 is 15.3 Å². The number of carboxylic acid groups (broad SMARTS) is 1. The number of carbonyl (C=O) groups is 2. The van der Waals surface area contributed by atoms with Gasteiger partial charge in [0.15, 0.2) is 0 Å². The number of anilines is 1. The van der Waals surface area contributed by atoms with Crippen LogP contribution >= 0.6 is 15.9 Å². The van der Waals surface area contributed by atoms with Gasteiger partial charge in [-0.25, -0.2) is 4.79 Å². The number of hydrogen-bond donors (Lipinski definition) is 2. The van der Waals surface area contributed by atoms with Crippen LogP contribution in [0.25, 0.3) is 0 Å². The zero-order valence-corrected chi connectivity index (χ0v) is 13.4. The van der Waals surface area contributed by atoms with Crippen LogP contribution in [0.1, 0.15) is 19.4 Å². The number of aryl methyl sites for hydroxylation is 1. The molecule has 0 aromatic heterocycles. The molecule has 1 aromatic rings. The van der Waals surface area contributed by atoms with Crippen molar-refractivity contribution >= 4 is 33.6 Å². The first-order valence-corrected chi connectivity index (χ1v) is 7.19. The molecule has 0 saturated heterocycles. The van der Waals surface area contributed by atoms with Gasteiger partial charge in [0.2, 0.25) is 0 Å². The van der Waals surface area contributed by atoms with Crippen LogP contribution in [0, 0.1) is 12.8 Å². The number of halogens is 1. The molecule has 0 radical (unpaired) electrons. The summed E-state index contributed by atoms with van der Waals surface area (Å²) in [4.78, 5) is 24.5. The predicted molar refractivity (Wildman–Crippen MR) is 81.9 cm³/mol. The van der Waals surface area contributed by atoms with Crippen molar-refractivity contribution in [3.8, 4) is 0 Å². The highest BCUT2D eigenvalue weighted by atomic mass is 79.9. The van der Waals surface area contributed by atoms with Crippen molar-refractivity contribution in [1.82, 2.24) is 4.90 Å². The lowest BCUT2D eigenvalue weighted by atomic mass is 10.2. The van der Waals surface area contributed by atoms with Gasteiger partial charge in [-0.15, -0.1) is 0 Å². The van der Waals surface area contributed by atoms with E-state index in [0.717, 1.165) is 10.0 Å². The van der Waals surface area contributed by atoms with Crippen molar-refractivity contribution in [1.29, 1.82) is 0 Å². The van der Waals surface area contributed by atoms with E-state index in [1.807, 2.05) is 32.0 Å². The third-order valence-electron chi connectivity index (χ3n) is 2.95. The first-order valence-electron chi connectivity index (χ1n) is 6.40. The summed E-state index contributed by atoms with van der Waals surface area (Å²) in [5.41, 5.74) is 1.71. The Labute approximate surface area is 127 Å². The van der Waals surface area contributed by atoms with Gasteiger partial charge in [0.05, 0.1) is 11.6 Å². The lowest BCUT2D eigenvalue weighted by Crippen LogP contribution is -2.39. The van der Waals surface area contributed by atoms with E-state index in [1.165, 1.54) is 4.90 Å². The van der Waals surface area contributed by atoms with Crippen molar-refractivity contribution in [3.05, 3.63) is 28.2 Å². The van der Waals surface area contributed by atoms with Gasteiger partial charge in [-0.1, -0.05) is 13.0 Å². The number of carboxylic acids is 1. The Kier molecular flexibility index (Phi) is 6.01. The second-order valence-electron chi connectivity index (χ2n) is 4.69. The molecule has 0 aliphatic rings. The molecule has 20 heavy (non-hydrogen) atoms. The van der Waals surface area contributed by atoms with Crippen LogP contribution in [0.3, 0.4) is 0 Å². The average Bonchev–Trinajstić information content (AvgIpc) is 2.39. The maximum Gasteiger partial charge on any atom is 0.321 e. The van der Waals surface area contributed by atoms with Crippen LogP contribution in [0.2, 0.25) is 0 Å². The average molecular weight is 343 g/mol. The molecule has 1 rings (SSSR count). The third kappa shape index (κ3) is 4.52. The van der Waals surface area contributed by atoms with E-state index < -0.39 is 11.9 Å². The van der Waals surface area contributed by atoms with Crippen LogP contribution < -0.4 is 5.32 Å². The minimum Gasteiger partial charge on any atom is -0.481 e. The fourth-order valence-electron chi connectivity index (χ4n) is 1.69. The summed E-state index contributed by atoms with van der Waals surface area (Å²) in [6.45, 7) is 5.97. The minimum atomic E-state index is -0.909. The standard InChI is InChI=1S/C14H19BrN2O3/c1-4-17(8-10(3)13(18)19)14(20)16-12-7-9(2)5-6-11(12)15/h5-7,10H,4,8H2,1-3H3,(H,16,20)(H,18,19). The van der Waals surface area contributed by atoms with E-state index in [2.05, 4.69) is 21.2 Å². The summed E-state index contributed by atoms with van der Waals surface area (Å²) in [6.07, 6.45) is 0. The summed E-state index contributed by atoms with van der Waals surface area (Å²) in [7, 11) is 0. The van der Waals surface area contributed by atoms with Gasteiger partial charge in [0.25, 0.3) is 0 Å². The predicted octanol–water partition coefficient (Wildman–Crippen LogP) is 3.33. The summed E-state index contributed by atoms with van der Waals surface area (Å²) in [5, 5.41) is 11.7. The number of rotatable bonds is 5. The zero-order chi connectivity index (χ0) is 15.3. The minimum absolute atomic E-state index is 0.182. The Balaban J connectivity index is 2.77. The smallest absolute Gasteiger partial charge is 0.321 e. The summed E-state index contributed by atoms with van der Waals surface area (Å²) >= 11 is 3.38. The molecule has 0 fully saturated rings. The highest BCUT2D eigenvalue weighted by molar-refractivity contribution is 9.10. The quantitative estimate of drug-likeness (QED) is 0.862. The van der Waals surface area contributed by atoms with Crippen molar-refractivity contribution < 1.29 is 14.7 Å². The van der Waals surface area contributed by atoms with Gasteiger partial charge in [-0.3, -0.25) is 4.79 Å². The molecule has 0 bridgehead atoms. The molecule has 0 spiro atoms. The Bertz CT molecular complexity index is 505. The molecule has 0 aliphatic carbocycles. The lowest BCUT2D eigenvalue weighted by Gasteiger charge is -2.23. The number of nitrogens with one attached hydrogen (secondary N) is 1. The molecule has 5 nitrogen and oxygen atoms in total. The normalized spacial score (nSPS) is 11.8. The third-order valence-corrected chi connectivity index (χ3v) is 3.64.